The number of nitrogens with zero attached hydrogens (tertiary/aromatic N) is 1. The predicted molar refractivity (Wildman–Crippen MR) is 77.1 cm³/mol. The maximum Gasteiger partial charge on any atom is 0.418 e. The number of halogens is 3. The number of hydrogen-bond acceptors (Lipinski definition) is 3. The van der Waals surface area contributed by atoms with Crippen molar-refractivity contribution >= 4 is 21.6 Å². The molecular formula is C14H15F3N2O3S. The molecule has 2 fully saturated rings. The fourth-order valence-corrected chi connectivity index (χ4v) is 4.39. The van der Waals surface area contributed by atoms with Crippen molar-refractivity contribution in [2.24, 2.45) is 5.92 Å². The van der Waals surface area contributed by atoms with Crippen LogP contribution in [0.4, 0.5) is 18.9 Å². The number of nitrogens with one attached hydrogen (secondary N) is 1. The largest absolute Gasteiger partial charge is 0.418 e. The highest BCUT2D eigenvalue weighted by molar-refractivity contribution is 7.90. The first-order chi connectivity index (χ1) is 10.7. The Bertz CT molecular complexity index is 723. The van der Waals surface area contributed by atoms with Crippen LogP contribution in [-0.2, 0) is 21.0 Å². The summed E-state index contributed by atoms with van der Waals surface area (Å²) >= 11 is 0. The first-order valence-corrected chi connectivity index (χ1v) is 8.66. The molecule has 0 spiro atoms. The molecule has 0 aromatic heterocycles. The second kappa shape index (κ2) is 5.48. The van der Waals surface area contributed by atoms with Crippen LogP contribution >= 0.6 is 0 Å². The molecule has 1 N–H and O–H groups in total. The van der Waals surface area contributed by atoms with Crippen LogP contribution in [-0.4, -0.2) is 37.0 Å². The van der Waals surface area contributed by atoms with Crippen LogP contribution in [0.25, 0.3) is 0 Å². The topological polar surface area (TPSA) is 66.5 Å². The molecule has 3 rings (SSSR count). The van der Waals surface area contributed by atoms with Crippen LogP contribution in [0.5, 0.6) is 0 Å². The third-order valence-electron chi connectivity index (χ3n) is 4.01. The Hall–Kier alpha value is -1.61. The lowest BCUT2D eigenvalue weighted by atomic mass is 10.0. The first kappa shape index (κ1) is 16.3. The van der Waals surface area contributed by atoms with E-state index in [1.165, 1.54) is 22.5 Å². The molecular weight excluding hydrogens is 333 g/mol. The van der Waals surface area contributed by atoms with Gasteiger partial charge in [0.25, 0.3) is 0 Å². The molecule has 1 saturated carbocycles. The predicted octanol–water partition coefficient (Wildman–Crippen LogP) is 2.07. The molecule has 126 valence electrons. The molecule has 1 aromatic carbocycles. The summed E-state index contributed by atoms with van der Waals surface area (Å²) in [4.78, 5) is 12.0. The molecule has 0 atom stereocenters. The second-order valence-electron chi connectivity index (χ2n) is 5.79. The highest BCUT2D eigenvalue weighted by atomic mass is 32.2. The number of alkyl halides is 3. The molecule has 5 nitrogen and oxygen atoms in total. The van der Waals surface area contributed by atoms with Gasteiger partial charge in [0.2, 0.25) is 15.9 Å². The van der Waals surface area contributed by atoms with E-state index in [0.717, 1.165) is 6.07 Å². The summed E-state index contributed by atoms with van der Waals surface area (Å²) in [6.07, 6.45) is -3.30. The van der Waals surface area contributed by atoms with Gasteiger partial charge in [-0.3, -0.25) is 4.79 Å². The standard InChI is InChI=1S/C14H15F3N2O3S/c15-14(16,17)11-3-1-2-4-12(11)18-13(20)9-7-19(8-9)23(21,22)10-5-6-10/h1-4,9-10H,5-8H2,(H,18,20). The number of para-hydroxylation sites is 1. The van der Waals surface area contributed by atoms with Crippen molar-refractivity contribution in [3.8, 4) is 0 Å². The SMILES string of the molecule is O=C(Nc1ccccc1C(F)(F)F)C1CN(S(=O)(=O)C2CC2)C1. The molecule has 0 unspecified atom stereocenters. The van der Waals surface area contributed by atoms with Gasteiger partial charge in [0.15, 0.2) is 0 Å². The van der Waals surface area contributed by atoms with Gasteiger partial charge in [-0.05, 0) is 25.0 Å². The smallest absolute Gasteiger partial charge is 0.325 e. The van der Waals surface area contributed by atoms with Crippen molar-refractivity contribution < 1.29 is 26.4 Å². The fraction of sp³-hybridized carbons (Fsp3) is 0.500. The summed E-state index contributed by atoms with van der Waals surface area (Å²) in [6, 6.07) is 4.71. The Balaban J connectivity index is 1.64. The van der Waals surface area contributed by atoms with E-state index in [2.05, 4.69) is 5.32 Å². The van der Waals surface area contributed by atoms with Crippen molar-refractivity contribution in [2.75, 3.05) is 18.4 Å². The average molecular weight is 348 g/mol. The molecule has 1 aliphatic carbocycles. The Morgan fingerprint density at radius 3 is 2.35 bits per heavy atom. The van der Waals surface area contributed by atoms with Gasteiger partial charge in [-0.25, -0.2) is 8.42 Å². The van der Waals surface area contributed by atoms with Crippen LogP contribution < -0.4 is 5.32 Å². The number of hydrogen-bond donors (Lipinski definition) is 1. The number of sulfonamides is 1. The zero-order valence-electron chi connectivity index (χ0n) is 12.0. The maximum atomic E-state index is 12.9. The molecule has 1 saturated heterocycles. The van der Waals surface area contributed by atoms with Gasteiger partial charge in [-0.2, -0.15) is 17.5 Å². The highest BCUT2D eigenvalue weighted by Gasteiger charge is 2.47. The van der Waals surface area contributed by atoms with Crippen LogP contribution in [0.15, 0.2) is 24.3 Å². The summed E-state index contributed by atoms with van der Waals surface area (Å²) < 4.78 is 63.7. The van der Waals surface area contributed by atoms with Crippen molar-refractivity contribution in [3.05, 3.63) is 29.8 Å². The lowest BCUT2D eigenvalue weighted by Crippen LogP contribution is -2.55. The minimum Gasteiger partial charge on any atom is -0.325 e. The average Bonchev–Trinajstić information content (AvgIpc) is 3.20. The van der Waals surface area contributed by atoms with E-state index < -0.39 is 33.6 Å². The zero-order chi connectivity index (χ0) is 16.8. The summed E-state index contributed by atoms with van der Waals surface area (Å²) in [5, 5.41) is 1.91. The number of carbonyl (C=O) groups is 1. The molecule has 1 aromatic rings. The zero-order valence-corrected chi connectivity index (χ0v) is 12.8. The monoisotopic (exact) mass is 348 g/mol. The van der Waals surface area contributed by atoms with Crippen LogP contribution in [0.2, 0.25) is 0 Å². The normalized spacial score (nSPS) is 20.1. The van der Waals surface area contributed by atoms with E-state index in [-0.39, 0.29) is 24.0 Å². The molecule has 1 heterocycles. The van der Waals surface area contributed by atoms with Crippen LogP contribution in [0.1, 0.15) is 18.4 Å². The van der Waals surface area contributed by atoms with Crippen molar-refractivity contribution in [1.29, 1.82) is 0 Å². The molecule has 1 amide bonds. The van der Waals surface area contributed by atoms with Crippen molar-refractivity contribution in [1.82, 2.24) is 4.31 Å². The summed E-state index contributed by atoms with van der Waals surface area (Å²) in [6.45, 7) is 0.0533. The summed E-state index contributed by atoms with van der Waals surface area (Å²) in [7, 11) is -3.33. The van der Waals surface area contributed by atoms with Gasteiger partial charge in [0, 0.05) is 13.1 Å². The van der Waals surface area contributed by atoms with E-state index >= 15 is 0 Å². The summed E-state index contributed by atoms with van der Waals surface area (Å²) in [5.41, 5.74) is -1.23. The van der Waals surface area contributed by atoms with Crippen LogP contribution in [0.3, 0.4) is 0 Å². The second-order valence-corrected chi connectivity index (χ2v) is 8.00. The Morgan fingerprint density at radius 1 is 1.17 bits per heavy atom. The van der Waals surface area contributed by atoms with Crippen molar-refractivity contribution in [2.45, 2.75) is 24.3 Å². The van der Waals surface area contributed by atoms with Gasteiger partial charge in [-0.1, -0.05) is 12.1 Å². The first-order valence-electron chi connectivity index (χ1n) is 7.15. The van der Waals surface area contributed by atoms with E-state index in [1.807, 2.05) is 0 Å². The third kappa shape index (κ3) is 3.20. The maximum absolute atomic E-state index is 12.9. The molecule has 1 aliphatic heterocycles. The van der Waals surface area contributed by atoms with Gasteiger partial charge in [-0.15, -0.1) is 0 Å². The number of carbonyl (C=O) groups excluding carboxylic acids is 1. The van der Waals surface area contributed by atoms with E-state index in [9.17, 15) is 26.4 Å². The lowest BCUT2D eigenvalue weighted by molar-refractivity contribution is -0.137. The molecule has 2 aliphatic rings. The van der Waals surface area contributed by atoms with E-state index in [1.54, 1.807) is 0 Å². The molecule has 0 radical (unpaired) electrons. The number of rotatable bonds is 4. The quantitative estimate of drug-likeness (QED) is 0.906. The molecule has 0 bridgehead atoms. The highest BCUT2D eigenvalue weighted by Crippen LogP contribution is 2.36. The fourth-order valence-electron chi connectivity index (χ4n) is 2.46. The lowest BCUT2D eigenvalue weighted by Gasteiger charge is -2.37. The minimum absolute atomic E-state index is 0.0266. The number of amides is 1. The van der Waals surface area contributed by atoms with Gasteiger partial charge < -0.3 is 5.32 Å². The Labute approximate surface area is 131 Å². The summed E-state index contributed by atoms with van der Waals surface area (Å²) in [5.74, 6) is -1.21. The number of anilines is 1. The Morgan fingerprint density at radius 2 is 1.78 bits per heavy atom. The molecule has 9 heteroatoms. The van der Waals surface area contributed by atoms with Crippen LogP contribution in [0, 0.1) is 5.92 Å². The minimum atomic E-state index is -4.56. The van der Waals surface area contributed by atoms with Gasteiger partial charge in [0.05, 0.1) is 22.4 Å². The van der Waals surface area contributed by atoms with E-state index in [0.29, 0.717) is 12.8 Å². The Kier molecular flexibility index (Phi) is 3.88. The van der Waals surface area contributed by atoms with Gasteiger partial charge in [0.1, 0.15) is 0 Å². The number of benzene rings is 1. The van der Waals surface area contributed by atoms with E-state index in [4.69, 9.17) is 0 Å². The third-order valence-corrected chi connectivity index (χ3v) is 6.35. The molecule has 23 heavy (non-hydrogen) atoms. The van der Waals surface area contributed by atoms with Crippen molar-refractivity contribution in [3.63, 3.8) is 0 Å². The van der Waals surface area contributed by atoms with Gasteiger partial charge >= 0.3 is 6.18 Å².